The minimum atomic E-state index is -0.187. The predicted octanol–water partition coefficient (Wildman–Crippen LogP) is 1.74. The molecule has 1 aliphatic heterocycles. The van der Waals surface area contributed by atoms with Gasteiger partial charge in [0.1, 0.15) is 5.82 Å². The molecule has 0 radical (unpaired) electrons. The lowest BCUT2D eigenvalue weighted by atomic mass is 9.89. The van der Waals surface area contributed by atoms with Crippen molar-refractivity contribution >= 4 is 11.8 Å². The molecule has 5 rings (SSSR count). The van der Waals surface area contributed by atoms with Gasteiger partial charge in [0.25, 0.3) is 11.5 Å². The maximum Gasteiger partial charge on any atom is 0.271 e. The Morgan fingerprint density at radius 3 is 2.70 bits per heavy atom. The molecule has 3 aromatic heterocycles. The molecule has 4 heterocycles. The zero-order chi connectivity index (χ0) is 20.6. The maximum absolute atomic E-state index is 11.9. The Kier molecular flexibility index (Phi) is 4.70. The van der Waals surface area contributed by atoms with Gasteiger partial charge in [-0.25, -0.2) is 4.98 Å². The van der Waals surface area contributed by atoms with Crippen LogP contribution in [0.2, 0.25) is 0 Å². The number of anilines is 2. The molecule has 0 bridgehead atoms. The quantitative estimate of drug-likeness (QED) is 0.627. The van der Waals surface area contributed by atoms with Crippen LogP contribution in [0.3, 0.4) is 0 Å². The highest BCUT2D eigenvalue weighted by atomic mass is 16.5. The number of rotatable bonds is 6. The van der Waals surface area contributed by atoms with E-state index in [1.807, 2.05) is 12.1 Å². The van der Waals surface area contributed by atoms with Gasteiger partial charge in [-0.2, -0.15) is 14.8 Å². The number of aromatic nitrogens is 5. The van der Waals surface area contributed by atoms with Crippen molar-refractivity contribution in [2.75, 3.05) is 23.8 Å². The summed E-state index contributed by atoms with van der Waals surface area (Å²) >= 11 is 0. The highest BCUT2D eigenvalue weighted by molar-refractivity contribution is 5.41. The Morgan fingerprint density at radius 2 is 2.00 bits per heavy atom. The molecule has 0 unspecified atom stereocenters. The van der Waals surface area contributed by atoms with Crippen molar-refractivity contribution in [1.29, 1.82) is 0 Å². The number of hydrogen-bond donors (Lipinski definition) is 2. The molecule has 2 N–H and O–H groups in total. The van der Waals surface area contributed by atoms with Gasteiger partial charge in [0, 0.05) is 24.3 Å². The van der Waals surface area contributed by atoms with Crippen LogP contribution in [-0.2, 0) is 10.2 Å². The van der Waals surface area contributed by atoms with E-state index in [0.717, 1.165) is 25.1 Å². The van der Waals surface area contributed by atoms with E-state index in [9.17, 15) is 4.79 Å². The van der Waals surface area contributed by atoms with Crippen molar-refractivity contribution < 1.29 is 9.26 Å². The molecule has 2 fully saturated rings. The van der Waals surface area contributed by atoms with E-state index in [1.54, 1.807) is 18.5 Å². The van der Waals surface area contributed by atoms with E-state index in [1.165, 1.54) is 10.7 Å². The molecule has 10 heteroatoms. The summed E-state index contributed by atoms with van der Waals surface area (Å²) in [6.07, 6.45) is 6.16. The first-order valence-electron chi connectivity index (χ1n) is 10.0. The maximum atomic E-state index is 11.9. The van der Waals surface area contributed by atoms with Crippen LogP contribution in [0.1, 0.15) is 32.1 Å². The molecule has 156 valence electrons. The lowest BCUT2D eigenvalue weighted by Gasteiger charge is -2.33. The summed E-state index contributed by atoms with van der Waals surface area (Å²) in [5, 5.41) is 15.0. The number of hydrogen-bond acceptors (Lipinski definition) is 9. The lowest BCUT2D eigenvalue weighted by molar-refractivity contribution is -0.0644. The molecule has 1 aliphatic carbocycles. The summed E-state index contributed by atoms with van der Waals surface area (Å²) in [6.45, 7) is 3.29. The van der Waals surface area contributed by atoms with Crippen LogP contribution < -0.4 is 16.2 Å². The predicted molar refractivity (Wildman–Crippen MR) is 109 cm³/mol. The molecule has 1 saturated heterocycles. The average molecular weight is 409 g/mol. The molecule has 30 heavy (non-hydrogen) atoms. The number of nitrogens with zero attached hydrogens (tertiary/aromatic N) is 5. The van der Waals surface area contributed by atoms with E-state index >= 15 is 0 Å². The summed E-state index contributed by atoms with van der Waals surface area (Å²) in [5.41, 5.74) is 0.286. The Bertz CT molecular complexity index is 1070. The minimum absolute atomic E-state index is 0.162. The second-order valence-electron chi connectivity index (χ2n) is 8.15. The van der Waals surface area contributed by atoms with Gasteiger partial charge in [-0.3, -0.25) is 4.79 Å². The van der Waals surface area contributed by atoms with Crippen LogP contribution in [-0.4, -0.2) is 50.2 Å². The van der Waals surface area contributed by atoms with Crippen molar-refractivity contribution in [3.8, 4) is 5.69 Å². The van der Waals surface area contributed by atoms with Crippen molar-refractivity contribution in [2.45, 2.75) is 43.7 Å². The van der Waals surface area contributed by atoms with Crippen molar-refractivity contribution in [3.63, 3.8) is 0 Å². The molecule has 0 spiro atoms. The summed E-state index contributed by atoms with van der Waals surface area (Å²) < 4.78 is 12.0. The van der Waals surface area contributed by atoms with Gasteiger partial charge in [0.15, 0.2) is 0 Å². The third kappa shape index (κ3) is 3.65. The first-order valence-corrected chi connectivity index (χ1v) is 10.0. The standard InChI is InChI=1S/C20H23N7O3/c1-20(11-29-12-20)18-25-19(26-30-18)24-14-5-4-13(9-14)23-16-7-6-15(10-21-16)27-17(28)3-2-8-22-27/h2-3,6-8,10,13-14H,4-5,9,11-12H2,1H3,(H,21,23)(H,24,26)/t13-,14-/m0/s1. The van der Waals surface area contributed by atoms with Crippen molar-refractivity contribution in [1.82, 2.24) is 24.9 Å². The Morgan fingerprint density at radius 1 is 1.17 bits per heavy atom. The van der Waals surface area contributed by atoms with E-state index < -0.39 is 0 Å². The van der Waals surface area contributed by atoms with Crippen LogP contribution in [0.25, 0.3) is 5.69 Å². The first-order chi connectivity index (χ1) is 14.6. The molecule has 0 amide bonds. The highest BCUT2D eigenvalue weighted by Gasteiger charge is 2.41. The normalized spacial score (nSPS) is 22.4. The van der Waals surface area contributed by atoms with Crippen molar-refractivity contribution in [2.24, 2.45) is 0 Å². The number of pyridine rings is 1. The minimum Gasteiger partial charge on any atom is -0.379 e. The topological polar surface area (TPSA) is 120 Å². The average Bonchev–Trinajstić information content (AvgIpc) is 3.37. The van der Waals surface area contributed by atoms with Gasteiger partial charge in [0.05, 0.1) is 30.5 Å². The monoisotopic (exact) mass is 409 g/mol. The summed E-state index contributed by atoms with van der Waals surface area (Å²) in [7, 11) is 0. The molecule has 0 aromatic carbocycles. The molecule has 10 nitrogen and oxygen atoms in total. The Balaban J connectivity index is 1.17. The fraction of sp³-hybridized carbons (Fsp3) is 0.450. The SMILES string of the molecule is CC1(c2nc(N[C@H]3CC[C@H](Nc4ccc(-n5ncccc5=O)cn4)C3)no2)COC1. The van der Waals surface area contributed by atoms with E-state index in [2.05, 4.69) is 37.8 Å². The molecular formula is C20H23N7O3. The molecular weight excluding hydrogens is 386 g/mol. The van der Waals surface area contributed by atoms with Crippen LogP contribution in [0, 0.1) is 0 Å². The largest absolute Gasteiger partial charge is 0.379 e. The molecule has 3 aromatic rings. The van der Waals surface area contributed by atoms with Gasteiger partial charge < -0.3 is 19.9 Å². The molecule has 1 saturated carbocycles. The molecule has 2 aliphatic rings. The van der Waals surface area contributed by atoms with Crippen LogP contribution >= 0.6 is 0 Å². The Labute approximate surface area is 172 Å². The smallest absolute Gasteiger partial charge is 0.271 e. The third-order valence-electron chi connectivity index (χ3n) is 5.61. The van der Waals surface area contributed by atoms with E-state index in [0.29, 0.717) is 36.8 Å². The third-order valence-corrected chi connectivity index (χ3v) is 5.61. The van der Waals surface area contributed by atoms with Crippen LogP contribution in [0.4, 0.5) is 11.8 Å². The van der Waals surface area contributed by atoms with Gasteiger partial charge >= 0.3 is 0 Å². The Hall–Kier alpha value is -3.27. The van der Waals surface area contributed by atoms with Crippen LogP contribution in [0.15, 0.2) is 46.0 Å². The highest BCUT2D eigenvalue weighted by Crippen LogP contribution is 2.31. The van der Waals surface area contributed by atoms with Gasteiger partial charge in [-0.1, -0.05) is 0 Å². The summed E-state index contributed by atoms with van der Waals surface area (Å²) in [4.78, 5) is 20.8. The first kappa shape index (κ1) is 18.7. The van der Waals surface area contributed by atoms with Gasteiger partial charge in [-0.15, -0.1) is 0 Å². The second-order valence-corrected chi connectivity index (χ2v) is 8.15. The zero-order valence-corrected chi connectivity index (χ0v) is 16.6. The fourth-order valence-electron chi connectivity index (χ4n) is 3.84. The summed E-state index contributed by atoms with van der Waals surface area (Å²) in [6, 6.07) is 7.35. The van der Waals surface area contributed by atoms with E-state index in [-0.39, 0.29) is 17.0 Å². The van der Waals surface area contributed by atoms with Gasteiger partial charge in [0.2, 0.25) is 5.89 Å². The molecule has 2 atom stereocenters. The number of ether oxygens (including phenoxy) is 1. The van der Waals surface area contributed by atoms with Gasteiger partial charge in [-0.05, 0) is 49.5 Å². The summed E-state index contributed by atoms with van der Waals surface area (Å²) in [5.74, 6) is 1.93. The fourth-order valence-corrected chi connectivity index (χ4v) is 3.84. The van der Waals surface area contributed by atoms with Crippen molar-refractivity contribution in [3.05, 3.63) is 52.9 Å². The van der Waals surface area contributed by atoms with Crippen LogP contribution in [0.5, 0.6) is 0 Å². The lowest BCUT2D eigenvalue weighted by Crippen LogP contribution is -2.44. The second kappa shape index (κ2) is 7.52. The number of nitrogens with one attached hydrogen (secondary N) is 2. The zero-order valence-electron chi connectivity index (χ0n) is 16.6. The van der Waals surface area contributed by atoms with E-state index in [4.69, 9.17) is 9.26 Å².